The van der Waals surface area contributed by atoms with Crippen molar-refractivity contribution in [3.05, 3.63) is 41.4 Å². The maximum Gasteiger partial charge on any atom is 0.225 e. The third-order valence-corrected chi connectivity index (χ3v) is 2.96. The molecule has 0 aliphatic carbocycles. The number of carbonyl (C=O) groups is 2. The summed E-state index contributed by atoms with van der Waals surface area (Å²) in [6.07, 6.45) is 3.67. The standard InChI is InChI=1S/C12H13BN2O2/c1-7-11(12(13)17)9(6-10(16)15-7)8-2-4-14-5-3-8/h2-5,9H,6,13H2,1H3,(H,15,16). The molecular weight excluding hydrogens is 215 g/mol. The number of nitrogens with one attached hydrogen (secondary N) is 1. The zero-order valence-corrected chi connectivity index (χ0v) is 9.86. The van der Waals surface area contributed by atoms with Crippen molar-refractivity contribution in [1.29, 1.82) is 0 Å². The molecule has 0 aromatic carbocycles. The molecule has 1 N–H and O–H groups in total. The second kappa shape index (κ2) is 4.53. The highest BCUT2D eigenvalue weighted by atomic mass is 16.2. The predicted octanol–water partition coefficient (Wildman–Crippen LogP) is 0.119. The second-order valence-corrected chi connectivity index (χ2v) is 4.18. The van der Waals surface area contributed by atoms with E-state index >= 15 is 0 Å². The molecule has 5 heteroatoms. The second-order valence-electron chi connectivity index (χ2n) is 4.18. The topological polar surface area (TPSA) is 59.1 Å². The van der Waals surface area contributed by atoms with Gasteiger partial charge in [0.15, 0.2) is 7.85 Å². The Labute approximate surface area is 101 Å². The predicted molar refractivity (Wildman–Crippen MR) is 66.0 cm³/mol. The van der Waals surface area contributed by atoms with Gasteiger partial charge in [0, 0.05) is 36.0 Å². The third-order valence-electron chi connectivity index (χ3n) is 2.96. The minimum absolute atomic E-state index is 0.00399. The molecular formula is C12H13BN2O2. The van der Waals surface area contributed by atoms with Crippen LogP contribution < -0.4 is 5.32 Å². The number of allylic oxidation sites excluding steroid dienone is 2. The van der Waals surface area contributed by atoms with Crippen LogP contribution in [-0.2, 0) is 9.59 Å². The van der Waals surface area contributed by atoms with E-state index in [1.54, 1.807) is 19.3 Å². The van der Waals surface area contributed by atoms with E-state index in [2.05, 4.69) is 10.3 Å². The van der Waals surface area contributed by atoms with Crippen LogP contribution in [0.2, 0.25) is 0 Å². The number of carbonyl (C=O) groups excluding carboxylic acids is 2. The maximum absolute atomic E-state index is 11.7. The van der Waals surface area contributed by atoms with E-state index in [1.165, 1.54) is 7.85 Å². The van der Waals surface area contributed by atoms with Gasteiger partial charge in [0.2, 0.25) is 5.91 Å². The lowest BCUT2D eigenvalue weighted by molar-refractivity contribution is -0.121. The van der Waals surface area contributed by atoms with E-state index in [4.69, 9.17) is 0 Å². The van der Waals surface area contributed by atoms with Crippen molar-refractivity contribution in [1.82, 2.24) is 10.3 Å². The van der Waals surface area contributed by atoms with Crippen molar-refractivity contribution >= 4 is 19.4 Å². The Bertz CT molecular complexity index is 496. The van der Waals surface area contributed by atoms with E-state index in [9.17, 15) is 9.59 Å². The molecule has 0 radical (unpaired) electrons. The summed E-state index contributed by atoms with van der Waals surface area (Å²) in [6, 6.07) is 3.69. The number of nitrogens with zero attached hydrogens (tertiary/aromatic N) is 1. The lowest BCUT2D eigenvalue weighted by Crippen LogP contribution is -2.33. The largest absolute Gasteiger partial charge is 0.330 e. The summed E-state index contributed by atoms with van der Waals surface area (Å²) >= 11 is 0. The zero-order chi connectivity index (χ0) is 12.4. The summed E-state index contributed by atoms with van der Waals surface area (Å²) in [5.74, 6) is -0.196. The number of amides is 1. The molecule has 2 heterocycles. The molecule has 1 aliphatic rings. The average molecular weight is 228 g/mol. The molecule has 1 aromatic heterocycles. The molecule has 17 heavy (non-hydrogen) atoms. The summed E-state index contributed by atoms with van der Waals surface area (Å²) in [5, 5.41) is 2.71. The maximum atomic E-state index is 11.7. The number of aromatic nitrogens is 1. The molecule has 4 nitrogen and oxygen atoms in total. The van der Waals surface area contributed by atoms with Crippen LogP contribution in [0, 0.1) is 0 Å². The highest BCUT2D eigenvalue weighted by molar-refractivity contribution is 6.62. The van der Waals surface area contributed by atoms with E-state index in [-0.39, 0.29) is 17.5 Å². The number of rotatable bonds is 2. The van der Waals surface area contributed by atoms with Crippen molar-refractivity contribution in [2.45, 2.75) is 19.3 Å². The normalized spacial score (nSPS) is 20.1. The Balaban J connectivity index is 2.47. The van der Waals surface area contributed by atoms with E-state index in [0.717, 1.165) is 5.56 Å². The Morgan fingerprint density at radius 1 is 1.47 bits per heavy atom. The molecule has 0 saturated carbocycles. The lowest BCUT2D eigenvalue weighted by Gasteiger charge is -2.26. The van der Waals surface area contributed by atoms with Crippen LogP contribution in [0.1, 0.15) is 24.8 Å². The highest BCUT2D eigenvalue weighted by Crippen LogP contribution is 2.32. The van der Waals surface area contributed by atoms with Crippen LogP contribution in [0.4, 0.5) is 0 Å². The highest BCUT2D eigenvalue weighted by Gasteiger charge is 2.29. The zero-order valence-electron chi connectivity index (χ0n) is 9.86. The van der Waals surface area contributed by atoms with Crippen LogP contribution in [-0.4, -0.2) is 24.4 Å². The summed E-state index contributed by atoms with van der Waals surface area (Å²) < 4.78 is 0. The van der Waals surface area contributed by atoms with E-state index in [1.807, 2.05) is 12.1 Å². The Kier molecular flexibility index (Phi) is 3.09. The van der Waals surface area contributed by atoms with Gasteiger partial charge in [0.05, 0.1) is 0 Å². The molecule has 1 aliphatic heterocycles. The summed E-state index contributed by atoms with van der Waals surface area (Å²) in [6.45, 7) is 1.77. The van der Waals surface area contributed by atoms with Crippen molar-refractivity contribution in [2.75, 3.05) is 0 Å². The Morgan fingerprint density at radius 2 is 2.12 bits per heavy atom. The summed E-state index contributed by atoms with van der Waals surface area (Å²) in [5.41, 5.74) is 2.31. The van der Waals surface area contributed by atoms with Gasteiger partial charge in [-0.15, -0.1) is 0 Å². The first-order chi connectivity index (χ1) is 8.09. The number of hydrogen-bond acceptors (Lipinski definition) is 3. The molecule has 86 valence electrons. The van der Waals surface area contributed by atoms with Gasteiger partial charge in [-0.2, -0.15) is 0 Å². The van der Waals surface area contributed by atoms with Gasteiger partial charge in [-0.25, -0.2) is 0 Å². The van der Waals surface area contributed by atoms with Gasteiger partial charge in [-0.3, -0.25) is 9.78 Å². The summed E-state index contributed by atoms with van der Waals surface area (Å²) in [7, 11) is 1.53. The first-order valence-corrected chi connectivity index (χ1v) is 5.51. The van der Waals surface area contributed by atoms with E-state index < -0.39 is 0 Å². The van der Waals surface area contributed by atoms with Gasteiger partial charge >= 0.3 is 0 Å². The van der Waals surface area contributed by atoms with Crippen molar-refractivity contribution in [3.63, 3.8) is 0 Å². The SMILES string of the molecule is BC(=O)C1=C(C)NC(=O)CC1c1ccncc1. The van der Waals surface area contributed by atoms with Crippen LogP contribution in [0.25, 0.3) is 0 Å². The molecule has 0 saturated heterocycles. The van der Waals surface area contributed by atoms with Gasteiger partial charge in [0.1, 0.15) is 5.68 Å². The summed E-state index contributed by atoms with van der Waals surface area (Å²) in [4.78, 5) is 27.2. The number of pyridine rings is 1. The molecule has 0 fully saturated rings. The van der Waals surface area contributed by atoms with Crippen LogP contribution >= 0.6 is 0 Å². The van der Waals surface area contributed by atoms with Gasteiger partial charge in [-0.05, 0) is 24.6 Å². The van der Waals surface area contributed by atoms with Gasteiger partial charge in [-0.1, -0.05) is 0 Å². The van der Waals surface area contributed by atoms with Crippen molar-refractivity contribution < 1.29 is 9.59 Å². The first-order valence-electron chi connectivity index (χ1n) is 5.51. The smallest absolute Gasteiger partial charge is 0.225 e. The molecule has 0 spiro atoms. The van der Waals surface area contributed by atoms with Crippen LogP contribution in [0.15, 0.2) is 35.8 Å². The van der Waals surface area contributed by atoms with Crippen LogP contribution in [0.5, 0.6) is 0 Å². The average Bonchev–Trinajstić information content (AvgIpc) is 2.28. The quantitative estimate of drug-likeness (QED) is 0.731. The first kappa shape index (κ1) is 11.6. The molecule has 1 aromatic rings. The lowest BCUT2D eigenvalue weighted by atomic mass is 9.78. The molecule has 2 rings (SSSR count). The fourth-order valence-corrected chi connectivity index (χ4v) is 2.27. The Morgan fingerprint density at radius 3 is 2.71 bits per heavy atom. The van der Waals surface area contributed by atoms with Crippen LogP contribution in [0.3, 0.4) is 0 Å². The minimum atomic E-state index is -0.149. The fourth-order valence-electron chi connectivity index (χ4n) is 2.27. The third kappa shape index (κ3) is 2.28. The molecule has 1 amide bonds. The number of hydrogen-bond donors (Lipinski definition) is 1. The van der Waals surface area contributed by atoms with E-state index in [0.29, 0.717) is 17.7 Å². The molecule has 1 unspecified atom stereocenters. The Hall–Kier alpha value is -1.91. The fraction of sp³-hybridized carbons (Fsp3) is 0.250. The van der Waals surface area contributed by atoms with Crippen molar-refractivity contribution in [2.24, 2.45) is 0 Å². The van der Waals surface area contributed by atoms with Gasteiger partial charge in [0.25, 0.3) is 0 Å². The molecule has 1 atom stereocenters. The van der Waals surface area contributed by atoms with Gasteiger partial charge < -0.3 is 10.1 Å². The molecule has 0 bridgehead atoms. The van der Waals surface area contributed by atoms with Crippen molar-refractivity contribution in [3.8, 4) is 0 Å². The minimum Gasteiger partial charge on any atom is -0.330 e. The monoisotopic (exact) mass is 228 g/mol.